The van der Waals surface area contributed by atoms with Gasteiger partial charge in [-0.3, -0.25) is 19.2 Å². The first-order valence-corrected chi connectivity index (χ1v) is 8.86. The molecule has 1 aromatic carbocycles. The van der Waals surface area contributed by atoms with Gasteiger partial charge in [0.15, 0.2) is 0 Å². The molecule has 0 saturated heterocycles. The van der Waals surface area contributed by atoms with Crippen molar-refractivity contribution in [1.29, 1.82) is 0 Å². The van der Waals surface area contributed by atoms with Crippen LogP contribution in [0.5, 0.6) is 0 Å². The fourth-order valence-electron chi connectivity index (χ4n) is 2.61. The molecule has 0 unspecified atom stereocenters. The molecule has 150 valence electrons. The molecule has 0 atom stereocenters. The highest BCUT2D eigenvalue weighted by Crippen LogP contribution is 2.15. The van der Waals surface area contributed by atoms with Crippen molar-refractivity contribution in [3.63, 3.8) is 0 Å². The van der Waals surface area contributed by atoms with Gasteiger partial charge in [0.2, 0.25) is 11.8 Å². The number of ether oxygens (including phenoxy) is 1. The zero-order chi connectivity index (χ0) is 20.5. The number of carbonyl (C=O) groups is 4. The third kappa shape index (κ3) is 6.20. The van der Waals surface area contributed by atoms with E-state index in [2.05, 4.69) is 16.0 Å². The lowest BCUT2D eigenvalue weighted by molar-refractivity contribution is -0.142. The molecule has 1 heterocycles. The van der Waals surface area contributed by atoms with Gasteiger partial charge in [0.25, 0.3) is 5.91 Å². The predicted molar refractivity (Wildman–Crippen MR) is 102 cm³/mol. The average Bonchev–Trinajstić information content (AvgIpc) is 3.16. The molecule has 0 saturated carbocycles. The summed E-state index contributed by atoms with van der Waals surface area (Å²) in [5.41, 5.74) is 1.61. The average molecular weight is 388 g/mol. The molecule has 0 aromatic heterocycles. The summed E-state index contributed by atoms with van der Waals surface area (Å²) < 4.78 is 4.89. The highest BCUT2D eigenvalue weighted by Gasteiger charge is 2.26. The molecule has 1 aromatic rings. The molecule has 1 aliphatic heterocycles. The standard InChI is InChI=1S/C19H24N4O5/c1-13(24)28-12-14-5-7-15(8-6-14)22-17(25)10-21-19(27)16-4-3-9-23(16)18(26)11-20-2/h4-8,20H,3,9-12H2,1-2H3,(H,21,27)(H,22,25). The Labute approximate surface area is 163 Å². The maximum Gasteiger partial charge on any atom is 0.302 e. The molecule has 0 radical (unpaired) electrons. The number of benzene rings is 1. The smallest absolute Gasteiger partial charge is 0.302 e. The first-order valence-electron chi connectivity index (χ1n) is 8.86. The van der Waals surface area contributed by atoms with Crippen molar-refractivity contribution in [2.75, 3.05) is 32.0 Å². The quantitative estimate of drug-likeness (QED) is 0.546. The van der Waals surface area contributed by atoms with Gasteiger partial charge in [-0.25, -0.2) is 0 Å². The van der Waals surface area contributed by atoms with Crippen molar-refractivity contribution < 1.29 is 23.9 Å². The van der Waals surface area contributed by atoms with E-state index in [1.54, 1.807) is 37.4 Å². The van der Waals surface area contributed by atoms with Crippen LogP contribution in [0.1, 0.15) is 18.9 Å². The van der Waals surface area contributed by atoms with Crippen molar-refractivity contribution in [1.82, 2.24) is 15.5 Å². The Hall–Kier alpha value is -3.20. The Bertz CT molecular complexity index is 773. The molecule has 3 N–H and O–H groups in total. The largest absolute Gasteiger partial charge is 0.461 e. The Kier molecular flexibility index (Phi) is 7.70. The molecule has 0 spiro atoms. The fourth-order valence-corrected chi connectivity index (χ4v) is 2.61. The summed E-state index contributed by atoms with van der Waals surface area (Å²) in [6, 6.07) is 6.81. The number of carbonyl (C=O) groups excluding carboxylic acids is 4. The van der Waals surface area contributed by atoms with Crippen LogP contribution in [0.2, 0.25) is 0 Å². The molecular formula is C19H24N4O5. The third-order valence-corrected chi connectivity index (χ3v) is 3.93. The minimum absolute atomic E-state index is 0.137. The minimum Gasteiger partial charge on any atom is -0.461 e. The zero-order valence-electron chi connectivity index (χ0n) is 15.9. The first-order chi connectivity index (χ1) is 13.4. The number of nitrogens with one attached hydrogen (secondary N) is 3. The van der Waals surface area contributed by atoms with Gasteiger partial charge in [0.1, 0.15) is 12.3 Å². The number of anilines is 1. The van der Waals surface area contributed by atoms with Crippen molar-refractivity contribution >= 4 is 29.4 Å². The van der Waals surface area contributed by atoms with Gasteiger partial charge in [-0.1, -0.05) is 18.2 Å². The second-order valence-corrected chi connectivity index (χ2v) is 6.16. The molecular weight excluding hydrogens is 364 g/mol. The number of nitrogens with zero attached hydrogens (tertiary/aromatic N) is 1. The number of likely N-dealkylation sites (N-methyl/N-ethyl adjacent to an activating group) is 1. The topological polar surface area (TPSA) is 117 Å². The van der Waals surface area contributed by atoms with E-state index in [1.807, 2.05) is 0 Å². The van der Waals surface area contributed by atoms with Crippen LogP contribution in [-0.2, 0) is 30.5 Å². The first kappa shape index (κ1) is 21.1. The Morgan fingerprint density at radius 3 is 2.46 bits per heavy atom. The summed E-state index contributed by atoms with van der Waals surface area (Å²) in [6.45, 7) is 1.87. The second-order valence-electron chi connectivity index (χ2n) is 6.16. The van der Waals surface area contributed by atoms with E-state index in [4.69, 9.17) is 4.74 Å². The highest BCUT2D eigenvalue weighted by molar-refractivity contribution is 6.01. The van der Waals surface area contributed by atoms with Crippen molar-refractivity contribution in [2.45, 2.75) is 20.0 Å². The van der Waals surface area contributed by atoms with E-state index in [-0.39, 0.29) is 37.3 Å². The van der Waals surface area contributed by atoms with Gasteiger partial charge < -0.3 is 25.6 Å². The fraction of sp³-hybridized carbons (Fsp3) is 0.368. The van der Waals surface area contributed by atoms with Crippen LogP contribution in [0.4, 0.5) is 5.69 Å². The molecule has 0 fully saturated rings. The Morgan fingerprint density at radius 1 is 1.11 bits per heavy atom. The SMILES string of the molecule is CNCC(=O)N1CCC=C1C(=O)NCC(=O)Nc1ccc(COC(C)=O)cc1. The van der Waals surface area contributed by atoms with E-state index in [9.17, 15) is 19.2 Å². The van der Waals surface area contributed by atoms with Crippen LogP contribution in [-0.4, -0.2) is 55.3 Å². The lowest BCUT2D eigenvalue weighted by atomic mass is 10.2. The van der Waals surface area contributed by atoms with Crippen LogP contribution in [0.25, 0.3) is 0 Å². The van der Waals surface area contributed by atoms with Crippen LogP contribution >= 0.6 is 0 Å². The van der Waals surface area contributed by atoms with Crippen LogP contribution in [0.15, 0.2) is 36.0 Å². The maximum atomic E-state index is 12.3. The van der Waals surface area contributed by atoms with Crippen LogP contribution in [0, 0.1) is 0 Å². The number of esters is 1. The normalized spacial score (nSPS) is 12.9. The van der Waals surface area contributed by atoms with Crippen LogP contribution in [0.3, 0.4) is 0 Å². The van der Waals surface area contributed by atoms with Gasteiger partial charge in [0, 0.05) is 19.2 Å². The number of hydrogen-bond donors (Lipinski definition) is 3. The predicted octanol–water partition coefficient (Wildman–Crippen LogP) is 0.140. The zero-order valence-corrected chi connectivity index (χ0v) is 15.9. The molecule has 9 heteroatoms. The summed E-state index contributed by atoms with van der Waals surface area (Å²) in [7, 11) is 1.66. The van der Waals surface area contributed by atoms with Gasteiger partial charge in [-0.2, -0.15) is 0 Å². The minimum atomic E-state index is -0.464. The summed E-state index contributed by atoms with van der Waals surface area (Å²) >= 11 is 0. The van der Waals surface area contributed by atoms with Gasteiger partial charge in [-0.15, -0.1) is 0 Å². The second kappa shape index (κ2) is 10.2. The lowest BCUT2D eigenvalue weighted by Crippen LogP contribution is -2.41. The molecule has 3 amide bonds. The van der Waals surface area contributed by atoms with Crippen molar-refractivity contribution in [3.05, 3.63) is 41.6 Å². The van der Waals surface area contributed by atoms with Gasteiger partial charge in [0.05, 0.1) is 13.1 Å². The monoisotopic (exact) mass is 388 g/mol. The Morgan fingerprint density at radius 2 is 1.82 bits per heavy atom. The summed E-state index contributed by atoms with van der Waals surface area (Å²) in [5, 5.41) is 7.95. The Balaban J connectivity index is 1.81. The third-order valence-electron chi connectivity index (χ3n) is 3.93. The lowest BCUT2D eigenvalue weighted by Gasteiger charge is -2.19. The number of hydrogen-bond acceptors (Lipinski definition) is 6. The molecule has 1 aliphatic rings. The molecule has 0 bridgehead atoms. The van der Waals surface area contributed by atoms with E-state index in [0.717, 1.165) is 5.56 Å². The number of rotatable bonds is 8. The van der Waals surface area contributed by atoms with E-state index < -0.39 is 11.8 Å². The van der Waals surface area contributed by atoms with Crippen LogP contribution < -0.4 is 16.0 Å². The maximum absolute atomic E-state index is 12.3. The molecule has 9 nitrogen and oxygen atoms in total. The summed E-state index contributed by atoms with van der Waals surface area (Å²) in [6.07, 6.45) is 2.28. The van der Waals surface area contributed by atoms with E-state index in [1.165, 1.54) is 11.8 Å². The van der Waals surface area contributed by atoms with E-state index in [0.29, 0.717) is 18.7 Å². The highest BCUT2D eigenvalue weighted by atomic mass is 16.5. The number of amides is 3. The molecule has 2 rings (SSSR count). The van der Waals surface area contributed by atoms with Crippen molar-refractivity contribution in [3.8, 4) is 0 Å². The summed E-state index contributed by atoms with van der Waals surface area (Å²) in [4.78, 5) is 48.5. The molecule has 0 aliphatic carbocycles. The van der Waals surface area contributed by atoms with E-state index >= 15 is 0 Å². The molecule has 28 heavy (non-hydrogen) atoms. The van der Waals surface area contributed by atoms with Crippen molar-refractivity contribution in [2.24, 2.45) is 0 Å². The van der Waals surface area contributed by atoms with Gasteiger partial charge >= 0.3 is 5.97 Å². The summed E-state index contributed by atoms with van der Waals surface area (Å²) in [5.74, 6) is -1.42. The van der Waals surface area contributed by atoms with Gasteiger partial charge in [-0.05, 0) is 31.2 Å².